The number of aromatic nitrogens is 1. The summed E-state index contributed by atoms with van der Waals surface area (Å²) in [5, 5.41) is 6.02. The van der Waals surface area contributed by atoms with Crippen molar-refractivity contribution in [2.75, 3.05) is 23.3 Å². The zero-order valence-electron chi connectivity index (χ0n) is 13.9. The van der Waals surface area contributed by atoms with Gasteiger partial charge in [0.1, 0.15) is 5.82 Å². The van der Waals surface area contributed by atoms with Crippen molar-refractivity contribution in [3.05, 3.63) is 30.0 Å². The van der Waals surface area contributed by atoms with Gasteiger partial charge in [-0.15, -0.1) is 0 Å². The molecule has 0 radical (unpaired) electrons. The van der Waals surface area contributed by atoms with Gasteiger partial charge in [-0.25, -0.2) is 4.98 Å². The van der Waals surface area contributed by atoms with Gasteiger partial charge < -0.3 is 10.2 Å². The van der Waals surface area contributed by atoms with Crippen LogP contribution in [0.5, 0.6) is 0 Å². The quantitative estimate of drug-likeness (QED) is 0.849. The van der Waals surface area contributed by atoms with E-state index >= 15 is 0 Å². The highest BCUT2D eigenvalue weighted by atomic mass is 15.2. The zero-order chi connectivity index (χ0) is 15.4. The van der Waals surface area contributed by atoms with Crippen molar-refractivity contribution in [3.63, 3.8) is 0 Å². The zero-order valence-corrected chi connectivity index (χ0v) is 13.9. The topological polar surface area (TPSA) is 28.2 Å². The van der Waals surface area contributed by atoms with Crippen molar-refractivity contribution in [3.8, 4) is 0 Å². The highest BCUT2D eigenvalue weighted by molar-refractivity contribution is 6.00. The van der Waals surface area contributed by atoms with Gasteiger partial charge in [0, 0.05) is 29.9 Å². The number of hydrogen-bond donors (Lipinski definition) is 1. The maximum absolute atomic E-state index is 4.74. The number of benzene rings is 1. The lowest BCUT2D eigenvalue weighted by atomic mass is 10.0. The van der Waals surface area contributed by atoms with Crippen molar-refractivity contribution in [1.29, 1.82) is 0 Å². The smallest absolute Gasteiger partial charge is 0.136 e. The molecule has 1 heterocycles. The van der Waals surface area contributed by atoms with E-state index in [1.165, 1.54) is 16.3 Å². The van der Waals surface area contributed by atoms with Crippen molar-refractivity contribution < 1.29 is 0 Å². The summed E-state index contributed by atoms with van der Waals surface area (Å²) in [4.78, 5) is 7.06. The number of rotatable bonds is 6. The van der Waals surface area contributed by atoms with E-state index in [4.69, 9.17) is 4.98 Å². The molecule has 0 aliphatic heterocycles. The van der Waals surface area contributed by atoms with Crippen LogP contribution < -0.4 is 10.2 Å². The molecule has 21 heavy (non-hydrogen) atoms. The predicted octanol–water partition coefficient (Wildman–Crippen LogP) is 4.46. The van der Waals surface area contributed by atoms with E-state index in [-0.39, 0.29) is 0 Å². The van der Waals surface area contributed by atoms with Crippen LogP contribution in [0.2, 0.25) is 0 Å². The average Bonchev–Trinajstić information content (AvgIpc) is 2.49. The van der Waals surface area contributed by atoms with E-state index in [9.17, 15) is 0 Å². The molecule has 0 unspecified atom stereocenters. The molecule has 114 valence electrons. The van der Waals surface area contributed by atoms with Gasteiger partial charge in [-0.2, -0.15) is 0 Å². The SMILES string of the molecule is CCc1ccc2c(NC(C)C)cnc(N(CC)CC)c2c1. The molecule has 0 saturated carbocycles. The van der Waals surface area contributed by atoms with Crippen LogP contribution in [0.25, 0.3) is 10.8 Å². The first kappa shape index (κ1) is 15.6. The van der Waals surface area contributed by atoms with Crippen LogP contribution in [0.15, 0.2) is 24.4 Å². The minimum atomic E-state index is 0.403. The third-order valence-corrected chi connectivity index (χ3v) is 3.85. The first-order chi connectivity index (χ1) is 10.1. The fourth-order valence-electron chi connectivity index (χ4n) is 2.70. The molecule has 1 aromatic heterocycles. The third-order valence-electron chi connectivity index (χ3n) is 3.85. The number of hydrogen-bond acceptors (Lipinski definition) is 3. The van der Waals surface area contributed by atoms with Crippen molar-refractivity contribution in [1.82, 2.24) is 4.98 Å². The van der Waals surface area contributed by atoms with E-state index in [0.29, 0.717) is 6.04 Å². The Balaban J connectivity index is 2.64. The van der Waals surface area contributed by atoms with Crippen molar-refractivity contribution in [2.45, 2.75) is 47.1 Å². The molecular weight excluding hydrogens is 258 g/mol. The fourth-order valence-corrected chi connectivity index (χ4v) is 2.70. The Labute approximate surface area is 128 Å². The summed E-state index contributed by atoms with van der Waals surface area (Å²) >= 11 is 0. The van der Waals surface area contributed by atoms with Gasteiger partial charge in [-0.3, -0.25) is 0 Å². The second-order valence-electron chi connectivity index (χ2n) is 5.70. The summed E-state index contributed by atoms with van der Waals surface area (Å²) in [6.45, 7) is 12.8. The molecule has 0 saturated heterocycles. The number of anilines is 2. The Bertz CT molecular complexity index is 601. The molecule has 3 heteroatoms. The molecule has 0 atom stereocenters. The maximum Gasteiger partial charge on any atom is 0.136 e. The minimum absolute atomic E-state index is 0.403. The number of nitrogens with one attached hydrogen (secondary N) is 1. The van der Waals surface area contributed by atoms with Gasteiger partial charge in [0.05, 0.1) is 11.9 Å². The van der Waals surface area contributed by atoms with Crippen LogP contribution in [-0.2, 0) is 6.42 Å². The molecule has 0 aliphatic rings. The van der Waals surface area contributed by atoms with Gasteiger partial charge in [0.2, 0.25) is 0 Å². The lowest BCUT2D eigenvalue weighted by molar-refractivity contribution is 0.850. The molecule has 0 spiro atoms. The van der Waals surface area contributed by atoms with Gasteiger partial charge in [0.15, 0.2) is 0 Å². The summed E-state index contributed by atoms with van der Waals surface area (Å²) in [5.74, 6) is 1.10. The monoisotopic (exact) mass is 285 g/mol. The summed E-state index contributed by atoms with van der Waals surface area (Å²) in [5.41, 5.74) is 2.48. The van der Waals surface area contributed by atoms with Crippen LogP contribution in [0.3, 0.4) is 0 Å². The molecule has 0 bridgehead atoms. The molecule has 2 aromatic rings. The number of pyridine rings is 1. The highest BCUT2D eigenvalue weighted by Crippen LogP contribution is 2.31. The van der Waals surface area contributed by atoms with E-state index in [1.807, 2.05) is 6.20 Å². The predicted molar refractivity (Wildman–Crippen MR) is 93.4 cm³/mol. The van der Waals surface area contributed by atoms with Crippen LogP contribution in [0.1, 0.15) is 40.2 Å². The lowest BCUT2D eigenvalue weighted by Crippen LogP contribution is -2.23. The van der Waals surface area contributed by atoms with Crippen LogP contribution in [0.4, 0.5) is 11.5 Å². The molecule has 2 rings (SSSR count). The first-order valence-corrected chi connectivity index (χ1v) is 8.03. The van der Waals surface area contributed by atoms with E-state index in [1.54, 1.807) is 0 Å². The molecule has 1 aromatic carbocycles. The van der Waals surface area contributed by atoms with Gasteiger partial charge in [-0.1, -0.05) is 19.1 Å². The van der Waals surface area contributed by atoms with Crippen LogP contribution in [-0.4, -0.2) is 24.1 Å². The maximum atomic E-state index is 4.74. The standard InChI is InChI=1S/C18H27N3/c1-6-14-9-10-15-16(11-14)18(21(7-2)8-3)19-12-17(15)20-13(4)5/h9-13,20H,6-8H2,1-5H3. The average molecular weight is 285 g/mol. The van der Waals surface area contributed by atoms with E-state index in [0.717, 1.165) is 31.0 Å². The summed E-state index contributed by atoms with van der Waals surface area (Å²) in [6, 6.07) is 7.15. The Kier molecular flexibility index (Phi) is 5.05. The van der Waals surface area contributed by atoms with Crippen molar-refractivity contribution in [2.24, 2.45) is 0 Å². The summed E-state index contributed by atoms with van der Waals surface area (Å²) in [7, 11) is 0. The van der Waals surface area contributed by atoms with Gasteiger partial charge in [0.25, 0.3) is 0 Å². The van der Waals surface area contributed by atoms with E-state index < -0.39 is 0 Å². The van der Waals surface area contributed by atoms with Crippen LogP contribution in [0, 0.1) is 0 Å². The highest BCUT2D eigenvalue weighted by Gasteiger charge is 2.12. The Morgan fingerprint density at radius 2 is 1.81 bits per heavy atom. The van der Waals surface area contributed by atoms with E-state index in [2.05, 4.69) is 63.0 Å². The number of fused-ring (bicyclic) bond motifs is 1. The molecule has 1 N–H and O–H groups in total. The van der Waals surface area contributed by atoms with Crippen molar-refractivity contribution >= 4 is 22.3 Å². The molecule has 0 amide bonds. The Morgan fingerprint density at radius 1 is 1.10 bits per heavy atom. The third kappa shape index (κ3) is 3.29. The Morgan fingerprint density at radius 3 is 2.38 bits per heavy atom. The normalized spacial score (nSPS) is 11.1. The summed E-state index contributed by atoms with van der Waals surface area (Å²) in [6.07, 6.45) is 3.02. The fraction of sp³-hybridized carbons (Fsp3) is 0.500. The second kappa shape index (κ2) is 6.79. The Hall–Kier alpha value is -1.77. The first-order valence-electron chi connectivity index (χ1n) is 8.03. The number of aryl methyl sites for hydroxylation is 1. The lowest BCUT2D eigenvalue weighted by Gasteiger charge is -2.23. The summed E-state index contributed by atoms with van der Waals surface area (Å²) < 4.78 is 0. The van der Waals surface area contributed by atoms with Crippen LogP contribution >= 0.6 is 0 Å². The molecule has 0 fully saturated rings. The largest absolute Gasteiger partial charge is 0.381 e. The second-order valence-corrected chi connectivity index (χ2v) is 5.70. The molecular formula is C18H27N3. The molecule has 0 aliphatic carbocycles. The van der Waals surface area contributed by atoms with Gasteiger partial charge in [-0.05, 0) is 45.7 Å². The number of nitrogens with zero attached hydrogens (tertiary/aromatic N) is 2. The minimum Gasteiger partial charge on any atom is -0.381 e. The van der Waals surface area contributed by atoms with Gasteiger partial charge >= 0.3 is 0 Å². The molecule has 3 nitrogen and oxygen atoms in total.